The third-order valence-corrected chi connectivity index (χ3v) is 3.00. The van der Waals surface area contributed by atoms with Gasteiger partial charge in [-0.05, 0) is 45.5 Å². The summed E-state index contributed by atoms with van der Waals surface area (Å²) in [4.78, 5) is 0. The second-order valence-corrected chi connectivity index (χ2v) is 8.96. The minimum atomic E-state index is -1.36. The molecule has 0 amide bonds. The van der Waals surface area contributed by atoms with Crippen LogP contribution in [0.1, 0.15) is 26.2 Å². The lowest BCUT2D eigenvalue weighted by Crippen LogP contribution is -2.25. The zero-order valence-corrected chi connectivity index (χ0v) is 10.2. The maximum Gasteiger partial charge on any atom is 0.241 e. The number of allylic oxidation sites excluding steroid dienone is 4. The van der Waals surface area contributed by atoms with E-state index in [0.29, 0.717) is 0 Å². The van der Waals surface area contributed by atoms with Crippen LogP contribution in [0.15, 0.2) is 23.5 Å². The first kappa shape index (κ1) is 10.6. The largest absolute Gasteiger partial charge is 0.548 e. The highest BCUT2D eigenvalue weighted by molar-refractivity contribution is 6.70. The van der Waals surface area contributed by atoms with Crippen molar-refractivity contribution in [3.05, 3.63) is 23.5 Å². The molecule has 13 heavy (non-hydrogen) atoms. The summed E-state index contributed by atoms with van der Waals surface area (Å²) in [6, 6.07) is 0. The lowest BCUT2D eigenvalue weighted by atomic mass is 10.00. The fourth-order valence-corrected chi connectivity index (χ4v) is 2.45. The van der Waals surface area contributed by atoms with Crippen molar-refractivity contribution in [3.63, 3.8) is 0 Å². The molecule has 0 unspecified atom stereocenters. The highest BCUT2D eigenvalue weighted by Crippen LogP contribution is 2.25. The van der Waals surface area contributed by atoms with Gasteiger partial charge in [0.15, 0.2) is 0 Å². The number of hydrogen-bond donors (Lipinski definition) is 0. The van der Waals surface area contributed by atoms with Crippen LogP contribution < -0.4 is 0 Å². The SMILES string of the molecule is C/C=C1/CC=C(O[Si](C)(C)C)CC1. The van der Waals surface area contributed by atoms with Crippen LogP contribution in [0.25, 0.3) is 0 Å². The minimum absolute atomic E-state index is 1.09. The van der Waals surface area contributed by atoms with Crippen molar-refractivity contribution in [1.29, 1.82) is 0 Å². The van der Waals surface area contributed by atoms with Gasteiger partial charge in [-0.3, -0.25) is 0 Å². The fourth-order valence-electron chi connectivity index (χ4n) is 1.48. The Balaban J connectivity index is 2.51. The predicted octanol–water partition coefficient (Wildman–Crippen LogP) is 3.85. The van der Waals surface area contributed by atoms with E-state index in [1.807, 2.05) is 0 Å². The average molecular weight is 196 g/mol. The molecule has 0 atom stereocenters. The number of rotatable bonds is 2. The maximum absolute atomic E-state index is 5.94. The topological polar surface area (TPSA) is 9.23 Å². The van der Waals surface area contributed by atoms with Crippen molar-refractivity contribution in [2.75, 3.05) is 0 Å². The van der Waals surface area contributed by atoms with E-state index in [1.54, 1.807) is 5.57 Å². The van der Waals surface area contributed by atoms with Crippen molar-refractivity contribution in [3.8, 4) is 0 Å². The molecule has 0 aromatic carbocycles. The predicted molar refractivity (Wildman–Crippen MR) is 60.1 cm³/mol. The first-order chi connectivity index (χ1) is 6.01. The maximum atomic E-state index is 5.94. The summed E-state index contributed by atoms with van der Waals surface area (Å²) in [5, 5.41) is 0. The van der Waals surface area contributed by atoms with E-state index in [4.69, 9.17) is 4.43 Å². The van der Waals surface area contributed by atoms with E-state index >= 15 is 0 Å². The Morgan fingerprint density at radius 3 is 2.38 bits per heavy atom. The molecule has 2 heteroatoms. The third-order valence-electron chi connectivity index (χ3n) is 2.13. The molecular weight excluding hydrogens is 176 g/mol. The normalized spacial score (nSPS) is 21.5. The van der Waals surface area contributed by atoms with Crippen molar-refractivity contribution in [2.45, 2.75) is 45.8 Å². The Kier molecular flexibility index (Phi) is 3.37. The molecule has 0 bridgehead atoms. The van der Waals surface area contributed by atoms with Crippen LogP contribution >= 0.6 is 0 Å². The molecule has 0 heterocycles. The van der Waals surface area contributed by atoms with Crippen LogP contribution in [0.2, 0.25) is 19.6 Å². The van der Waals surface area contributed by atoms with Gasteiger partial charge in [-0.1, -0.05) is 11.6 Å². The van der Waals surface area contributed by atoms with Gasteiger partial charge < -0.3 is 4.43 Å². The van der Waals surface area contributed by atoms with Gasteiger partial charge in [0.05, 0.1) is 5.76 Å². The van der Waals surface area contributed by atoms with Crippen LogP contribution in [0.4, 0.5) is 0 Å². The quantitative estimate of drug-likeness (QED) is 0.481. The van der Waals surface area contributed by atoms with E-state index in [2.05, 4.69) is 38.7 Å². The summed E-state index contributed by atoms with van der Waals surface area (Å²) in [6.07, 6.45) is 7.85. The van der Waals surface area contributed by atoms with Crippen LogP contribution in [-0.4, -0.2) is 8.32 Å². The summed E-state index contributed by atoms with van der Waals surface area (Å²) in [5.74, 6) is 1.23. The molecule has 74 valence electrons. The molecular formula is C11H20OSi. The molecule has 0 aliphatic heterocycles. The van der Waals surface area contributed by atoms with E-state index in [-0.39, 0.29) is 0 Å². The Hall–Kier alpha value is -0.503. The molecule has 0 radical (unpaired) electrons. The molecule has 1 rings (SSSR count). The average Bonchev–Trinajstić information content (AvgIpc) is 2.03. The van der Waals surface area contributed by atoms with E-state index in [1.165, 1.54) is 12.2 Å². The molecule has 0 N–H and O–H groups in total. The Morgan fingerprint density at radius 1 is 1.31 bits per heavy atom. The Bertz CT molecular complexity index is 233. The van der Waals surface area contributed by atoms with Crippen LogP contribution in [0, 0.1) is 0 Å². The molecule has 0 aromatic rings. The van der Waals surface area contributed by atoms with Gasteiger partial charge in [0.2, 0.25) is 8.32 Å². The van der Waals surface area contributed by atoms with Gasteiger partial charge >= 0.3 is 0 Å². The Morgan fingerprint density at radius 2 is 2.00 bits per heavy atom. The van der Waals surface area contributed by atoms with Crippen molar-refractivity contribution >= 4 is 8.32 Å². The highest BCUT2D eigenvalue weighted by atomic mass is 28.4. The van der Waals surface area contributed by atoms with Crippen LogP contribution in [0.5, 0.6) is 0 Å². The number of hydrogen-bond acceptors (Lipinski definition) is 1. The minimum Gasteiger partial charge on any atom is -0.548 e. The summed E-state index contributed by atoms with van der Waals surface area (Å²) in [5.41, 5.74) is 1.54. The summed E-state index contributed by atoms with van der Waals surface area (Å²) < 4.78 is 5.94. The molecule has 1 aliphatic carbocycles. The summed E-state index contributed by atoms with van der Waals surface area (Å²) in [6.45, 7) is 8.82. The van der Waals surface area contributed by atoms with Gasteiger partial charge in [0.1, 0.15) is 0 Å². The standard InChI is InChI=1S/C11H20OSi/c1-5-10-6-8-11(9-7-10)12-13(2,3)4/h5,8H,6-7,9H2,1-4H3/b10-5-. The molecule has 1 aliphatic rings. The van der Waals surface area contributed by atoms with Gasteiger partial charge in [-0.25, -0.2) is 0 Å². The van der Waals surface area contributed by atoms with Crippen molar-refractivity contribution < 1.29 is 4.43 Å². The van der Waals surface area contributed by atoms with Gasteiger partial charge in [-0.15, -0.1) is 0 Å². The molecule has 0 saturated carbocycles. The third kappa shape index (κ3) is 3.81. The summed E-state index contributed by atoms with van der Waals surface area (Å²) in [7, 11) is -1.36. The van der Waals surface area contributed by atoms with Gasteiger partial charge in [0.25, 0.3) is 0 Å². The van der Waals surface area contributed by atoms with Crippen molar-refractivity contribution in [1.82, 2.24) is 0 Å². The van der Waals surface area contributed by atoms with Gasteiger partial charge in [0, 0.05) is 6.42 Å². The van der Waals surface area contributed by atoms with E-state index < -0.39 is 8.32 Å². The fraction of sp³-hybridized carbons (Fsp3) is 0.636. The Labute approximate surface area is 82.6 Å². The van der Waals surface area contributed by atoms with Gasteiger partial charge in [-0.2, -0.15) is 0 Å². The highest BCUT2D eigenvalue weighted by Gasteiger charge is 2.18. The van der Waals surface area contributed by atoms with Crippen LogP contribution in [0.3, 0.4) is 0 Å². The van der Waals surface area contributed by atoms with Crippen molar-refractivity contribution in [2.24, 2.45) is 0 Å². The second-order valence-electron chi connectivity index (χ2n) is 4.54. The zero-order chi connectivity index (χ0) is 9.90. The molecule has 0 aromatic heterocycles. The van der Waals surface area contributed by atoms with E-state index in [0.717, 1.165) is 12.8 Å². The molecule has 0 saturated heterocycles. The zero-order valence-electron chi connectivity index (χ0n) is 9.18. The molecule has 1 nitrogen and oxygen atoms in total. The lowest BCUT2D eigenvalue weighted by Gasteiger charge is -2.24. The summed E-state index contributed by atoms with van der Waals surface area (Å²) >= 11 is 0. The molecule has 0 fully saturated rings. The molecule has 0 spiro atoms. The van der Waals surface area contributed by atoms with E-state index in [9.17, 15) is 0 Å². The lowest BCUT2D eigenvalue weighted by molar-refractivity contribution is 0.391. The smallest absolute Gasteiger partial charge is 0.241 e. The second kappa shape index (κ2) is 4.14. The first-order valence-corrected chi connectivity index (χ1v) is 8.44. The first-order valence-electron chi connectivity index (χ1n) is 5.03. The monoisotopic (exact) mass is 196 g/mol. The van der Waals surface area contributed by atoms with Crippen LogP contribution in [-0.2, 0) is 4.43 Å².